The van der Waals surface area contributed by atoms with Crippen molar-refractivity contribution in [3.8, 4) is 0 Å². The molecule has 0 radical (unpaired) electrons. The van der Waals surface area contributed by atoms with Crippen molar-refractivity contribution < 1.29 is 19.5 Å². The summed E-state index contributed by atoms with van der Waals surface area (Å²) in [6.45, 7) is 8.22. The van der Waals surface area contributed by atoms with Crippen LogP contribution in [0, 0.1) is 25.7 Å². The molecule has 202 valence electrons. The van der Waals surface area contributed by atoms with E-state index in [1.165, 1.54) is 0 Å². The molecule has 2 aromatic rings. The van der Waals surface area contributed by atoms with Crippen molar-refractivity contribution >= 4 is 35.2 Å². The number of aryl methyl sites for hydroxylation is 2. The molecule has 0 aliphatic carbocycles. The summed E-state index contributed by atoms with van der Waals surface area (Å²) in [6.07, 6.45) is 2.22. The molecule has 3 heterocycles. The number of aliphatic hydroxyl groups is 1. The zero-order valence-corrected chi connectivity index (χ0v) is 23.3. The van der Waals surface area contributed by atoms with Crippen molar-refractivity contribution in [2.24, 2.45) is 11.8 Å². The second-order valence-corrected chi connectivity index (χ2v) is 13.1. The van der Waals surface area contributed by atoms with Crippen molar-refractivity contribution in [1.29, 1.82) is 0 Å². The Morgan fingerprint density at radius 2 is 1.87 bits per heavy atom. The summed E-state index contributed by atoms with van der Waals surface area (Å²) in [5.41, 5.74) is 3.43. The van der Waals surface area contributed by atoms with Gasteiger partial charge in [0.1, 0.15) is 6.04 Å². The highest BCUT2D eigenvalue weighted by Crippen LogP contribution is 2.72. The number of likely N-dealkylation sites (tertiary alicyclic amines) is 1. The van der Waals surface area contributed by atoms with Gasteiger partial charge in [0.15, 0.2) is 0 Å². The highest BCUT2D eigenvalue weighted by molar-refractivity contribution is 8.02. The zero-order valence-electron chi connectivity index (χ0n) is 22.5. The van der Waals surface area contributed by atoms with E-state index in [0.717, 1.165) is 29.5 Å². The lowest BCUT2D eigenvalue weighted by Crippen LogP contribution is -2.53. The molecule has 8 heteroatoms. The van der Waals surface area contributed by atoms with E-state index in [4.69, 9.17) is 0 Å². The van der Waals surface area contributed by atoms with Crippen LogP contribution in [-0.2, 0) is 14.4 Å². The number of carbonyl (C=O) groups is 3. The normalized spacial score (nSPS) is 30.3. The number of thioether (sulfide) groups is 1. The van der Waals surface area contributed by atoms with Gasteiger partial charge in [0.05, 0.1) is 29.2 Å². The minimum atomic E-state index is -0.826. The Balaban J connectivity index is 1.61. The molecule has 3 amide bonds. The van der Waals surface area contributed by atoms with Crippen LogP contribution in [0.25, 0.3) is 0 Å². The number of hydrogen-bond donors (Lipinski definition) is 3. The molecule has 38 heavy (non-hydrogen) atoms. The van der Waals surface area contributed by atoms with Crippen molar-refractivity contribution in [1.82, 2.24) is 10.2 Å². The van der Waals surface area contributed by atoms with Gasteiger partial charge in [-0.25, -0.2) is 0 Å². The maximum absolute atomic E-state index is 14.4. The molecule has 2 bridgehead atoms. The number of fused-ring (bicyclic) bond motifs is 1. The fourth-order valence-electron chi connectivity index (χ4n) is 6.86. The molecule has 1 spiro atoms. The van der Waals surface area contributed by atoms with Gasteiger partial charge in [0.25, 0.3) is 0 Å². The van der Waals surface area contributed by atoms with Crippen LogP contribution < -0.4 is 10.6 Å². The van der Waals surface area contributed by atoms with Gasteiger partial charge in [0, 0.05) is 17.0 Å². The standard InChI is InChI=1S/C30H37N3O4S/c1-5-15-31-26(35)23-24-28(37)33(22(17-34)20-9-7-6-8-10-20)25(30(24)14-13-29(23,4)38-30)27(36)32-21-16-18(2)11-12-19(21)3/h6-12,16,22-25,34H,5,13-15,17H2,1-4H3,(H,31,35)(H,32,36)/t22-,23-,24+,25?,29+,30?/m1/s1. The predicted molar refractivity (Wildman–Crippen MR) is 150 cm³/mol. The highest BCUT2D eigenvalue weighted by Gasteiger charge is 2.77. The van der Waals surface area contributed by atoms with Crippen LogP contribution >= 0.6 is 11.8 Å². The number of aliphatic hydroxyl groups excluding tert-OH is 1. The molecule has 3 aliphatic rings. The highest BCUT2D eigenvalue weighted by atomic mass is 32.2. The molecule has 3 fully saturated rings. The van der Waals surface area contributed by atoms with E-state index in [9.17, 15) is 19.5 Å². The molecule has 2 unspecified atom stereocenters. The summed E-state index contributed by atoms with van der Waals surface area (Å²) in [7, 11) is 0. The van der Waals surface area contributed by atoms with E-state index in [2.05, 4.69) is 17.6 Å². The minimum Gasteiger partial charge on any atom is -0.394 e. The zero-order chi connectivity index (χ0) is 27.2. The predicted octanol–water partition coefficient (Wildman–Crippen LogP) is 3.98. The number of benzene rings is 2. The number of nitrogens with one attached hydrogen (secondary N) is 2. The number of carbonyl (C=O) groups excluding carboxylic acids is 3. The second-order valence-electron chi connectivity index (χ2n) is 11.2. The fraction of sp³-hybridized carbons (Fsp3) is 0.500. The maximum atomic E-state index is 14.4. The molecular formula is C30H37N3O4S. The van der Waals surface area contributed by atoms with Crippen molar-refractivity contribution in [3.05, 3.63) is 65.2 Å². The second kappa shape index (κ2) is 10.0. The third-order valence-electron chi connectivity index (χ3n) is 8.64. The molecule has 0 saturated carbocycles. The Hall–Kier alpha value is -2.84. The molecule has 3 saturated heterocycles. The third kappa shape index (κ3) is 4.13. The molecule has 7 nitrogen and oxygen atoms in total. The molecule has 3 N–H and O–H groups in total. The largest absolute Gasteiger partial charge is 0.394 e. The number of rotatable bonds is 8. The van der Waals surface area contributed by atoms with Crippen LogP contribution in [0.1, 0.15) is 55.8 Å². The first-order chi connectivity index (χ1) is 18.2. The Bertz CT molecular complexity index is 1250. The van der Waals surface area contributed by atoms with Gasteiger partial charge < -0.3 is 20.6 Å². The minimum absolute atomic E-state index is 0.113. The molecule has 0 aromatic heterocycles. The van der Waals surface area contributed by atoms with Crippen LogP contribution in [0.3, 0.4) is 0 Å². The van der Waals surface area contributed by atoms with Crippen LogP contribution in [-0.4, -0.2) is 56.4 Å². The monoisotopic (exact) mass is 535 g/mol. The lowest BCUT2D eigenvalue weighted by atomic mass is 9.66. The van der Waals surface area contributed by atoms with Gasteiger partial charge in [-0.2, -0.15) is 0 Å². The van der Waals surface area contributed by atoms with Crippen molar-refractivity contribution in [2.45, 2.75) is 68.5 Å². The van der Waals surface area contributed by atoms with Gasteiger partial charge in [-0.15, -0.1) is 11.8 Å². The van der Waals surface area contributed by atoms with E-state index in [0.29, 0.717) is 18.7 Å². The smallest absolute Gasteiger partial charge is 0.248 e. The van der Waals surface area contributed by atoms with E-state index in [1.807, 2.05) is 69.3 Å². The van der Waals surface area contributed by atoms with Gasteiger partial charge in [0.2, 0.25) is 17.7 Å². The average Bonchev–Trinajstić information content (AvgIpc) is 3.47. The summed E-state index contributed by atoms with van der Waals surface area (Å²) < 4.78 is -1.17. The molecule has 5 rings (SSSR count). The lowest BCUT2D eigenvalue weighted by molar-refractivity contribution is -0.142. The first-order valence-corrected chi connectivity index (χ1v) is 14.3. The van der Waals surface area contributed by atoms with Gasteiger partial charge in [-0.3, -0.25) is 14.4 Å². The number of hydrogen-bond acceptors (Lipinski definition) is 5. The molecule has 3 aliphatic heterocycles. The number of nitrogens with zero attached hydrogens (tertiary/aromatic N) is 1. The van der Waals surface area contributed by atoms with E-state index < -0.39 is 33.4 Å². The van der Waals surface area contributed by atoms with E-state index >= 15 is 0 Å². The Labute approximate surface area is 228 Å². The molecule has 6 atom stereocenters. The number of amides is 3. The van der Waals surface area contributed by atoms with E-state index in [-0.39, 0.29) is 24.3 Å². The van der Waals surface area contributed by atoms with Crippen LogP contribution in [0.15, 0.2) is 48.5 Å². The number of anilines is 1. The van der Waals surface area contributed by atoms with Gasteiger partial charge in [-0.05, 0) is 62.8 Å². The first-order valence-electron chi connectivity index (χ1n) is 13.5. The first kappa shape index (κ1) is 26.8. The van der Waals surface area contributed by atoms with Crippen molar-refractivity contribution in [2.75, 3.05) is 18.5 Å². The van der Waals surface area contributed by atoms with Gasteiger partial charge >= 0.3 is 0 Å². The summed E-state index contributed by atoms with van der Waals surface area (Å²) in [5, 5.41) is 16.7. The Kier molecular flexibility index (Phi) is 7.07. The van der Waals surface area contributed by atoms with Crippen LogP contribution in [0.2, 0.25) is 0 Å². The summed E-state index contributed by atoms with van der Waals surface area (Å²) in [6, 6.07) is 13.7. The maximum Gasteiger partial charge on any atom is 0.248 e. The van der Waals surface area contributed by atoms with Crippen LogP contribution in [0.4, 0.5) is 5.69 Å². The lowest BCUT2D eigenvalue weighted by Gasteiger charge is -2.37. The Morgan fingerprint density at radius 3 is 2.55 bits per heavy atom. The SMILES string of the molecule is CCCNC(=O)[C@H]1[C@H]2C(=O)N([C@H](CO)c3ccccc3)C(C(=O)Nc3cc(C)ccc3C)C23CC[C@]1(C)S3. The van der Waals surface area contributed by atoms with E-state index in [1.54, 1.807) is 16.7 Å². The fourth-order valence-corrected chi connectivity index (χ4v) is 9.20. The Morgan fingerprint density at radius 1 is 1.13 bits per heavy atom. The summed E-state index contributed by atoms with van der Waals surface area (Å²) in [5.74, 6) is -1.76. The molecule has 2 aromatic carbocycles. The summed E-state index contributed by atoms with van der Waals surface area (Å²) in [4.78, 5) is 43.8. The van der Waals surface area contributed by atoms with Crippen molar-refractivity contribution in [3.63, 3.8) is 0 Å². The van der Waals surface area contributed by atoms with Gasteiger partial charge in [-0.1, -0.05) is 49.4 Å². The quantitative estimate of drug-likeness (QED) is 0.475. The summed E-state index contributed by atoms with van der Waals surface area (Å²) >= 11 is 1.64. The topological polar surface area (TPSA) is 98.7 Å². The van der Waals surface area contributed by atoms with Crippen LogP contribution in [0.5, 0.6) is 0 Å². The third-order valence-corrected chi connectivity index (χ3v) is 10.6. The molecular weight excluding hydrogens is 498 g/mol. The average molecular weight is 536 g/mol.